The van der Waals surface area contributed by atoms with Gasteiger partial charge >= 0.3 is 0 Å². The van der Waals surface area contributed by atoms with Crippen molar-refractivity contribution >= 4 is 36.6 Å². The van der Waals surface area contributed by atoms with Crippen LogP contribution in [0.3, 0.4) is 0 Å². The number of fused-ring (bicyclic) bond motifs is 1. The molecular weight excluding hydrogens is 494 g/mol. The topological polar surface area (TPSA) is 184 Å². The summed E-state index contributed by atoms with van der Waals surface area (Å²) in [6, 6.07) is 5.98. The zero-order chi connectivity index (χ0) is 24.8. The van der Waals surface area contributed by atoms with Crippen LogP contribution in [0.5, 0.6) is 0 Å². The quantitative estimate of drug-likeness (QED) is 0.329. The van der Waals surface area contributed by atoms with Crippen LogP contribution in [0.2, 0.25) is 0 Å². The second-order valence-electron chi connectivity index (χ2n) is 8.17. The minimum absolute atomic E-state index is 0.0790. The summed E-state index contributed by atoms with van der Waals surface area (Å²) in [4.78, 5) is 15.3. The second kappa shape index (κ2) is 8.45. The molecular formula is C21H19N7O5S2. The molecule has 12 nitrogen and oxygen atoms in total. The summed E-state index contributed by atoms with van der Waals surface area (Å²) >= 11 is 0. The van der Waals surface area contributed by atoms with Crippen LogP contribution in [-0.2, 0) is 19.9 Å². The second-order valence-corrected chi connectivity index (χ2v) is 11.8. The van der Waals surface area contributed by atoms with Crippen molar-refractivity contribution in [2.45, 2.75) is 35.0 Å². The molecule has 0 unspecified atom stereocenters. The minimum Gasteiger partial charge on any atom is -0.425 e. The van der Waals surface area contributed by atoms with E-state index in [0.29, 0.717) is 29.7 Å². The van der Waals surface area contributed by atoms with E-state index < -0.39 is 19.9 Å². The lowest BCUT2D eigenvalue weighted by Gasteiger charge is -2.37. The smallest absolute Gasteiger partial charge is 0.258 e. The summed E-state index contributed by atoms with van der Waals surface area (Å²) < 4.78 is 57.0. The van der Waals surface area contributed by atoms with Gasteiger partial charge in [0.2, 0.25) is 20.8 Å². The van der Waals surface area contributed by atoms with Gasteiger partial charge in [0.1, 0.15) is 5.65 Å². The van der Waals surface area contributed by atoms with E-state index >= 15 is 0 Å². The van der Waals surface area contributed by atoms with Gasteiger partial charge in [0, 0.05) is 42.3 Å². The van der Waals surface area contributed by atoms with Crippen molar-refractivity contribution in [3.05, 3.63) is 48.5 Å². The lowest BCUT2D eigenvalue weighted by atomic mass is 9.87. The maximum absolute atomic E-state index is 12.6. The van der Waals surface area contributed by atoms with Crippen molar-refractivity contribution in [1.29, 1.82) is 5.26 Å². The Bertz CT molecular complexity index is 1680. The van der Waals surface area contributed by atoms with E-state index in [1.807, 2.05) is 12.1 Å². The highest BCUT2D eigenvalue weighted by atomic mass is 32.2. The predicted octanol–water partition coefficient (Wildman–Crippen LogP) is 1.81. The summed E-state index contributed by atoms with van der Waals surface area (Å²) in [7, 11) is -7.44. The van der Waals surface area contributed by atoms with Crippen LogP contribution in [0.4, 0.5) is 5.69 Å². The van der Waals surface area contributed by atoms with Crippen molar-refractivity contribution in [3.8, 4) is 17.5 Å². The number of sulfone groups is 1. The lowest BCUT2D eigenvalue weighted by Crippen LogP contribution is -2.49. The van der Waals surface area contributed by atoms with Crippen molar-refractivity contribution < 1.29 is 21.3 Å². The summed E-state index contributed by atoms with van der Waals surface area (Å²) in [5.74, 6) is 0.101. The van der Waals surface area contributed by atoms with Crippen molar-refractivity contribution in [2.24, 2.45) is 0 Å². The molecule has 180 valence electrons. The number of hydrogen-bond acceptors (Lipinski definition) is 10. The Labute approximate surface area is 200 Å². The molecule has 0 saturated heterocycles. The molecule has 14 heteroatoms. The van der Waals surface area contributed by atoms with Crippen LogP contribution < -0.4 is 10.0 Å². The van der Waals surface area contributed by atoms with E-state index in [0.717, 1.165) is 17.8 Å². The molecule has 0 atom stereocenters. The van der Waals surface area contributed by atoms with Crippen molar-refractivity contribution in [3.63, 3.8) is 0 Å². The zero-order valence-corrected chi connectivity index (χ0v) is 19.9. The number of nitrogens with zero attached hydrogens (tertiary/aromatic N) is 4. The van der Waals surface area contributed by atoms with Gasteiger partial charge < -0.3 is 14.7 Å². The highest BCUT2D eigenvalue weighted by Gasteiger charge is 2.34. The fraction of sp³-hybridized carbons (Fsp3) is 0.238. The van der Waals surface area contributed by atoms with Gasteiger partial charge in [-0.2, -0.15) is 5.26 Å². The summed E-state index contributed by atoms with van der Waals surface area (Å²) in [5, 5.41) is 12.7. The first-order chi connectivity index (χ1) is 16.6. The Balaban J connectivity index is 1.35. The largest absolute Gasteiger partial charge is 0.425 e. The first-order valence-corrected chi connectivity index (χ1v) is 13.8. The SMILES string of the molecule is CS(=O)(=O)c1cnc(-c2cnc3[nH]ccc3c2N[C@H]2C[C@@H](NS(=O)(=O)c3cc(C#N)ccn3)C2)o1. The number of rotatable bonds is 7. The van der Waals surface area contributed by atoms with E-state index in [1.54, 1.807) is 6.20 Å². The van der Waals surface area contributed by atoms with Gasteiger partial charge in [-0.05, 0) is 31.0 Å². The predicted molar refractivity (Wildman–Crippen MR) is 124 cm³/mol. The third-order valence-corrected chi connectivity index (χ3v) is 7.95. The van der Waals surface area contributed by atoms with Gasteiger partial charge in [-0.1, -0.05) is 0 Å². The highest BCUT2D eigenvalue weighted by Crippen LogP contribution is 2.36. The Kier molecular flexibility index (Phi) is 5.55. The van der Waals surface area contributed by atoms with E-state index in [2.05, 4.69) is 30.0 Å². The number of anilines is 1. The number of oxazole rings is 1. The molecule has 0 aromatic carbocycles. The van der Waals surface area contributed by atoms with Gasteiger partial charge in [0.05, 0.1) is 29.1 Å². The van der Waals surface area contributed by atoms with Crippen molar-refractivity contribution in [1.82, 2.24) is 24.7 Å². The van der Waals surface area contributed by atoms with Gasteiger partial charge in [-0.25, -0.2) is 36.5 Å². The number of H-pyrrole nitrogens is 1. The average molecular weight is 514 g/mol. The molecule has 1 saturated carbocycles. The first kappa shape index (κ1) is 23.0. The van der Waals surface area contributed by atoms with Crippen LogP contribution in [0.25, 0.3) is 22.5 Å². The van der Waals surface area contributed by atoms with Gasteiger partial charge in [0.25, 0.3) is 10.0 Å². The third kappa shape index (κ3) is 4.48. The molecule has 35 heavy (non-hydrogen) atoms. The molecule has 1 aliphatic carbocycles. The standard InChI is InChI=1S/C21H19N7O5S2/c1-34(29,30)18-11-26-21(33-18)16-10-25-20-15(3-5-24-20)19(16)27-13-7-14(8-13)28-35(31,32)17-6-12(9-22)2-4-23-17/h2-6,10-11,13-14,28H,7-8H2,1H3,(H2,24,25,27)/t13-,14+. The molecule has 4 aromatic heterocycles. The summed E-state index contributed by atoms with van der Waals surface area (Å²) in [6.07, 6.45) is 7.71. The van der Waals surface area contributed by atoms with Gasteiger partial charge in [-0.15, -0.1) is 0 Å². The maximum Gasteiger partial charge on any atom is 0.258 e. The summed E-state index contributed by atoms with van der Waals surface area (Å²) in [6.45, 7) is 0. The Hall–Kier alpha value is -3.80. The molecule has 0 bridgehead atoms. The lowest BCUT2D eigenvalue weighted by molar-refractivity contribution is 0.346. The number of nitriles is 1. The molecule has 0 aliphatic heterocycles. The molecule has 0 radical (unpaired) electrons. The van der Waals surface area contributed by atoms with Crippen LogP contribution >= 0.6 is 0 Å². The monoisotopic (exact) mass is 513 g/mol. The Morgan fingerprint density at radius 1 is 1.11 bits per heavy atom. The Morgan fingerprint density at radius 2 is 1.91 bits per heavy atom. The molecule has 4 aromatic rings. The van der Waals surface area contributed by atoms with E-state index in [4.69, 9.17) is 9.68 Å². The molecule has 3 N–H and O–H groups in total. The number of sulfonamides is 1. The van der Waals surface area contributed by atoms with E-state index in [-0.39, 0.29) is 33.7 Å². The summed E-state index contributed by atoms with van der Waals surface area (Å²) in [5.41, 5.74) is 1.95. The minimum atomic E-state index is -3.87. The molecule has 1 fully saturated rings. The fourth-order valence-electron chi connectivity index (χ4n) is 3.82. The van der Waals surface area contributed by atoms with E-state index in [9.17, 15) is 16.8 Å². The zero-order valence-electron chi connectivity index (χ0n) is 18.3. The molecule has 5 rings (SSSR count). The van der Waals surface area contributed by atoms with Gasteiger partial charge in [-0.3, -0.25) is 0 Å². The normalized spacial score (nSPS) is 18.2. The number of nitrogens with one attached hydrogen (secondary N) is 3. The molecule has 4 heterocycles. The van der Waals surface area contributed by atoms with Crippen LogP contribution in [0.1, 0.15) is 18.4 Å². The molecule has 0 amide bonds. The third-order valence-electron chi connectivity index (χ3n) is 5.61. The Morgan fingerprint density at radius 3 is 2.63 bits per heavy atom. The number of hydrogen-bond donors (Lipinski definition) is 3. The van der Waals surface area contributed by atoms with Gasteiger partial charge in [0.15, 0.2) is 5.03 Å². The number of aromatic amines is 1. The average Bonchev–Trinajstić information content (AvgIpc) is 3.47. The van der Waals surface area contributed by atoms with E-state index in [1.165, 1.54) is 24.5 Å². The fourth-order valence-corrected chi connectivity index (χ4v) is 5.53. The van der Waals surface area contributed by atoms with Crippen LogP contribution in [0.15, 0.2) is 57.5 Å². The van der Waals surface area contributed by atoms with Crippen molar-refractivity contribution in [2.75, 3.05) is 11.6 Å². The number of pyridine rings is 2. The molecule has 0 spiro atoms. The highest BCUT2D eigenvalue weighted by molar-refractivity contribution is 7.90. The maximum atomic E-state index is 12.6. The number of aromatic nitrogens is 4. The van der Waals surface area contributed by atoms with Crippen LogP contribution in [-0.4, -0.2) is 55.1 Å². The molecule has 1 aliphatic rings. The first-order valence-electron chi connectivity index (χ1n) is 10.4. The van der Waals surface area contributed by atoms with Crippen LogP contribution in [0, 0.1) is 11.3 Å².